The van der Waals surface area contributed by atoms with Crippen LogP contribution in [0.1, 0.15) is 11.1 Å². The van der Waals surface area contributed by atoms with E-state index in [1.54, 1.807) is 27.4 Å². The van der Waals surface area contributed by atoms with Crippen molar-refractivity contribution in [3.8, 4) is 28.7 Å². The summed E-state index contributed by atoms with van der Waals surface area (Å²) in [7, 11) is 6.17. The molecule has 0 aliphatic heterocycles. The molecule has 0 saturated heterocycles. The largest absolute Gasteiger partial charge is 1.00 e. The molecule has 0 aliphatic carbocycles. The summed E-state index contributed by atoms with van der Waals surface area (Å²) < 4.78 is 20.9. The first-order chi connectivity index (χ1) is 11.1. The molecule has 0 N–H and O–H groups in total. The third-order valence-corrected chi connectivity index (χ3v) is 3.34. The zero-order valence-corrected chi connectivity index (χ0v) is 16.6. The van der Waals surface area contributed by atoms with Crippen molar-refractivity contribution in [1.29, 1.82) is 0 Å². The van der Waals surface area contributed by atoms with Crippen molar-refractivity contribution in [1.82, 2.24) is 0 Å². The van der Waals surface area contributed by atoms with Gasteiger partial charge in [0.25, 0.3) is 0 Å². The van der Waals surface area contributed by atoms with Gasteiger partial charge < -0.3 is 24.1 Å². The monoisotopic (exact) mass is 338 g/mol. The van der Waals surface area contributed by atoms with E-state index >= 15 is 0 Å². The third-order valence-electron chi connectivity index (χ3n) is 3.34. The molecule has 0 aliphatic rings. The minimum atomic E-state index is -0.153. The average molecular weight is 338 g/mol. The summed E-state index contributed by atoms with van der Waals surface area (Å²) in [6.07, 6.45) is 3.70. The third kappa shape index (κ3) is 4.60. The van der Waals surface area contributed by atoms with Crippen molar-refractivity contribution in [3.63, 3.8) is 0 Å². The smallest absolute Gasteiger partial charge is 0.870 e. The maximum absolute atomic E-state index is 11.8. The van der Waals surface area contributed by atoms with Gasteiger partial charge in [-0.2, -0.15) is 0 Å². The molecule has 0 aromatic heterocycles. The molecule has 0 heterocycles. The van der Waals surface area contributed by atoms with E-state index in [1.807, 2.05) is 30.4 Å². The fourth-order valence-corrected chi connectivity index (χ4v) is 2.19. The van der Waals surface area contributed by atoms with Crippen molar-refractivity contribution >= 4 is 12.2 Å². The van der Waals surface area contributed by atoms with Crippen LogP contribution in [0.15, 0.2) is 30.3 Å². The second-order valence-corrected chi connectivity index (χ2v) is 4.70. The van der Waals surface area contributed by atoms with Gasteiger partial charge in [0.15, 0.2) is 11.5 Å². The van der Waals surface area contributed by atoms with E-state index in [4.69, 9.17) is 18.9 Å². The summed E-state index contributed by atoms with van der Waals surface area (Å²) in [6, 6.07) is 8.65. The molecule has 6 heteroatoms. The Balaban J connectivity index is 0.00000288. The molecule has 0 amide bonds. The summed E-state index contributed by atoms with van der Waals surface area (Å²) in [6.45, 7) is 0. The number of hydrogen-bond acceptors (Lipinski definition) is 5. The first kappa shape index (κ1) is 20.2. The number of methoxy groups -OCH3 is 4. The molecule has 122 valence electrons. The number of rotatable bonds is 6. The van der Waals surface area contributed by atoms with Crippen LogP contribution >= 0.6 is 0 Å². The summed E-state index contributed by atoms with van der Waals surface area (Å²) in [5, 5.41) is 11.8. The van der Waals surface area contributed by atoms with E-state index in [9.17, 15) is 5.11 Å². The molecule has 0 fully saturated rings. The number of benzene rings is 2. The van der Waals surface area contributed by atoms with Crippen LogP contribution in [0.5, 0.6) is 28.7 Å². The van der Waals surface area contributed by atoms with Gasteiger partial charge in [-0.1, -0.05) is 30.0 Å². The fourth-order valence-electron chi connectivity index (χ4n) is 2.19. The second-order valence-electron chi connectivity index (χ2n) is 4.70. The van der Waals surface area contributed by atoms with Crippen LogP contribution < -0.4 is 53.6 Å². The standard InChI is InChI=1S/C18H20O5.Na/c1-20-15-8-7-12(9-14(15)19)5-6-13-10-16(21-2)18(23-4)17(11-13)22-3;/h5-11,19H,1-4H3;/q;+1/p-1/b6-5-;. The molecular formula is C18H19NaO5. The van der Waals surface area contributed by atoms with Gasteiger partial charge in [-0.3, -0.25) is 0 Å². The van der Waals surface area contributed by atoms with Crippen LogP contribution in [0, 0.1) is 0 Å². The Morgan fingerprint density at radius 3 is 1.71 bits per heavy atom. The van der Waals surface area contributed by atoms with Gasteiger partial charge in [0.05, 0.1) is 28.4 Å². The summed E-state index contributed by atoms with van der Waals surface area (Å²) in [5.41, 5.74) is 1.65. The summed E-state index contributed by atoms with van der Waals surface area (Å²) >= 11 is 0. The second kappa shape index (κ2) is 9.47. The quantitative estimate of drug-likeness (QED) is 0.547. The maximum Gasteiger partial charge on any atom is 1.00 e. The molecule has 2 rings (SSSR count). The van der Waals surface area contributed by atoms with E-state index in [-0.39, 0.29) is 35.3 Å². The normalized spacial score (nSPS) is 10.2. The predicted octanol–water partition coefficient (Wildman–Crippen LogP) is -0.0310. The van der Waals surface area contributed by atoms with E-state index in [0.29, 0.717) is 23.0 Å². The molecule has 0 saturated carbocycles. The van der Waals surface area contributed by atoms with E-state index in [1.165, 1.54) is 13.2 Å². The molecule has 24 heavy (non-hydrogen) atoms. The van der Waals surface area contributed by atoms with Gasteiger partial charge in [-0.25, -0.2) is 0 Å². The number of ether oxygens (including phenoxy) is 4. The zero-order valence-electron chi connectivity index (χ0n) is 14.6. The van der Waals surface area contributed by atoms with Crippen molar-refractivity contribution in [2.75, 3.05) is 28.4 Å². The van der Waals surface area contributed by atoms with E-state index in [2.05, 4.69) is 0 Å². The van der Waals surface area contributed by atoms with Crippen LogP contribution in [0.3, 0.4) is 0 Å². The Morgan fingerprint density at radius 1 is 0.708 bits per heavy atom. The van der Waals surface area contributed by atoms with Crippen LogP contribution in [0.4, 0.5) is 0 Å². The first-order valence-corrected chi connectivity index (χ1v) is 6.96. The van der Waals surface area contributed by atoms with Gasteiger partial charge >= 0.3 is 29.6 Å². The Morgan fingerprint density at radius 2 is 1.25 bits per heavy atom. The van der Waals surface area contributed by atoms with Crippen molar-refractivity contribution < 1.29 is 53.6 Å². The number of hydrogen-bond donors (Lipinski definition) is 0. The minimum Gasteiger partial charge on any atom is -0.870 e. The van der Waals surface area contributed by atoms with Crippen LogP contribution in [-0.4, -0.2) is 28.4 Å². The van der Waals surface area contributed by atoms with Gasteiger partial charge in [0.1, 0.15) is 5.75 Å². The van der Waals surface area contributed by atoms with E-state index in [0.717, 1.165) is 11.1 Å². The minimum absolute atomic E-state index is 0. The first-order valence-electron chi connectivity index (χ1n) is 6.96. The van der Waals surface area contributed by atoms with Crippen molar-refractivity contribution in [3.05, 3.63) is 41.5 Å². The zero-order chi connectivity index (χ0) is 16.8. The van der Waals surface area contributed by atoms with E-state index < -0.39 is 0 Å². The SMILES string of the molecule is COc1ccc(/C=C\c2cc(OC)c(OC)c(OC)c2)cc1[O-].[Na+]. The van der Waals surface area contributed by atoms with Crippen molar-refractivity contribution in [2.24, 2.45) is 0 Å². The molecule has 2 aromatic rings. The Labute approximate surface area is 164 Å². The molecule has 5 nitrogen and oxygen atoms in total. The molecule has 0 bridgehead atoms. The van der Waals surface area contributed by atoms with Gasteiger partial charge in [0, 0.05) is 0 Å². The molecule has 0 radical (unpaired) electrons. The Kier molecular flexibility index (Phi) is 7.98. The molecule has 0 spiro atoms. The van der Waals surface area contributed by atoms with Crippen LogP contribution in [-0.2, 0) is 0 Å². The summed E-state index contributed by atoms with van der Waals surface area (Å²) in [5.74, 6) is 1.87. The Bertz CT molecular complexity index is 688. The molecular weight excluding hydrogens is 319 g/mol. The summed E-state index contributed by atoms with van der Waals surface area (Å²) in [4.78, 5) is 0. The predicted molar refractivity (Wildman–Crippen MR) is 87.5 cm³/mol. The Hall–Kier alpha value is -1.82. The van der Waals surface area contributed by atoms with Crippen LogP contribution in [0.2, 0.25) is 0 Å². The van der Waals surface area contributed by atoms with Crippen molar-refractivity contribution in [2.45, 2.75) is 0 Å². The maximum atomic E-state index is 11.8. The fraction of sp³-hybridized carbons (Fsp3) is 0.222. The van der Waals surface area contributed by atoms with Crippen LogP contribution in [0.25, 0.3) is 12.2 Å². The molecule has 2 aromatic carbocycles. The van der Waals surface area contributed by atoms with Gasteiger partial charge in [0.2, 0.25) is 5.75 Å². The van der Waals surface area contributed by atoms with Gasteiger partial charge in [-0.15, -0.1) is 0 Å². The molecule has 0 unspecified atom stereocenters. The molecule has 0 atom stereocenters. The topological polar surface area (TPSA) is 60.0 Å². The average Bonchev–Trinajstić information content (AvgIpc) is 2.58. The van der Waals surface area contributed by atoms with Gasteiger partial charge in [-0.05, 0) is 29.3 Å².